The molecule has 0 bridgehead atoms. The summed E-state index contributed by atoms with van der Waals surface area (Å²) in [6, 6.07) is 7.19. The van der Waals surface area contributed by atoms with Crippen LogP contribution in [0.1, 0.15) is 0 Å². The highest BCUT2D eigenvalue weighted by atomic mass is 16.6. The third-order valence-electron chi connectivity index (χ3n) is 1.75. The highest BCUT2D eigenvalue weighted by Crippen LogP contribution is 2.19. The van der Waals surface area contributed by atoms with Crippen LogP contribution in [0, 0.1) is 0 Å². The van der Waals surface area contributed by atoms with Gasteiger partial charge in [-0.2, -0.15) is 4.98 Å². The smallest absolute Gasteiger partial charge is 0.417 e. The number of nitrogens with zero attached hydrogens (tertiary/aromatic N) is 2. The Bertz CT molecular complexity index is 422. The van der Waals surface area contributed by atoms with Crippen LogP contribution >= 0.6 is 0 Å². The number of hydrogen-bond acceptors (Lipinski definition) is 5. The van der Waals surface area contributed by atoms with Crippen LogP contribution in [0.3, 0.4) is 0 Å². The maximum Gasteiger partial charge on any atom is 0.417 e. The van der Waals surface area contributed by atoms with E-state index in [2.05, 4.69) is 10.1 Å². The Morgan fingerprint density at radius 2 is 2.00 bits per heavy atom. The van der Waals surface area contributed by atoms with Crippen LogP contribution in [0.5, 0.6) is 6.08 Å². The van der Waals surface area contributed by atoms with E-state index in [4.69, 9.17) is 15.0 Å². The van der Waals surface area contributed by atoms with Crippen molar-refractivity contribution in [2.45, 2.75) is 0 Å². The van der Waals surface area contributed by atoms with Crippen LogP contribution in [0.15, 0.2) is 28.8 Å². The molecule has 72 valence electrons. The summed E-state index contributed by atoms with van der Waals surface area (Å²) in [5.41, 5.74) is 7.08. The molecule has 1 aromatic carbocycles. The van der Waals surface area contributed by atoms with Crippen molar-refractivity contribution >= 4 is 5.69 Å². The molecule has 0 saturated heterocycles. The first kappa shape index (κ1) is 8.55. The second kappa shape index (κ2) is 3.37. The molecule has 0 aliphatic rings. The Labute approximate surface area is 80.5 Å². The fourth-order valence-electron chi connectivity index (χ4n) is 1.04. The minimum Gasteiger partial charge on any atom is -0.452 e. The Kier molecular flexibility index (Phi) is 2.06. The summed E-state index contributed by atoms with van der Waals surface area (Å²) in [4.78, 5) is 3.99. The van der Waals surface area contributed by atoms with E-state index < -0.39 is 0 Å². The van der Waals surface area contributed by atoms with Crippen molar-refractivity contribution in [2.24, 2.45) is 0 Å². The number of anilines is 1. The number of benzene rings is 1. The van der Waals surface area contributed by atoms with Gasteiger partial charge in [-0.15, -0.1) is 0 Å². The molecule has 0 amide bonds. The summed E-state index contributed by atoms with van der Waals surface area (Å²) in [7, 11) is 1.47. The van der Waals surface area contributed by atoms with Gasteiger partial charge in [-0.05, 0) is 24.3 Å². The highest BCUT2D eigenvalue weighted by Gasteiger charge is 2.07. The van der Waals surface area contributed by atoms with Gasteiger partial charge in [0.15, 0.2) is 0 Å². The molecular formula is C9H9N3O2. The van der Waals surface area contributed by atoms with Crippen molar-refractivity contribution in [1.29, 1.82) is 0 Å². The second-order valence-electron chi connectivity index (χ2n) is 2.71. The van der Waals surface area contributed by atoms with Crippen molar-refractivity contribution in [2.75, 3.05) is 12.8 Å². The number of nitrogen functional groups attached to an aromatic ring is 1. The summed E-state index contributed by atoms with van der Waals surface area (Å²) in [6.45, 7) is 0. The normalized spacial score (nSPS) is 10.1. The molecule has 5 heteroatoms. The summed E-state index contributed by atoms with van der Waals surface area (Å²) in [6.07, 6.45) is 0.150. The van der Waals surface area contributed by atoms with E-state index >= 15 is 0 Å². The summed E-state index contributed by atoms with van der Waals surface area (Å²) >= 11 is 0. The van der Waals surface area contributed by atoms with E-state index in [1.807, 2.05) is 12.1 Å². The molecule has 0 spiro atoms. The maximum absolute atomic E-state index is 5.55. The predicted octanol–water partition coefficient (Wildman–Crippen LogP) is 1.33. The van der Waals surface area contributed by atoms with Crippen molar-refractivity contribution in [3.05, 3.63) is 24.3 Å². The largest absolute Gasteiger partial charge is 0.452 e. The molecule has 2 aromatic rings. The molecule has 0 fully saturated rings. The maximum atomic E-state index is 5.55. The molecule has 0 radical (unpaired) electrons. The van der Waals surface area contributed by atoms with Crippen LogP contribution in [0.25, 0.3) is 11.4 Å². The van der Waals surface area contributed by atoms with E-state index in [-0.39, 0.29) is 6.08 Å². The first-order valence-electron chi connectivity index (χ1n) is 4.03. The van der Waals surface area contributed by atoms with E-state index in [0.29, 0.717) is 11.5 Å². The first-order chi connectivity index (χ1) is 6.79. The van der Waals surface area contributed by atoms with E-state index in [1.165, 1.54) is 7.11 Å². The Hall–Kier alpha value is -2.04. The SMILES string of the molecule is COc1nc(-c2ccc(N)cc2)no1. The second-order valence-corrected chi connectivity index (χ2v) is 2.71. The minimum atomic E-state index is 0.150. The van der Waals surface area contributed by atoms with Gasteiger partial charge < -0.3 is 10.5 Å². The van der Waals surface area contributed by atoms with Gasteiger partial charge in [0.1, 0.15) is 0 Å². The number of nitrogens with two attached hydrogens (primary N) is 1. The van der Waals surface area contributed by atoms with Crippen molar-refractivity contribution in [3.63, 3.8) is 0 Å². The standard InChI is InChI=1S/C9H9N3O2/c1-13-9-11-8(12-14-9)6-2-4-7(10)5-3-6/h2-5H,10H2,1H3. The summed E-state index contributed by atoms with van der Waals surface area (Å²) < 4.78 is 9.56. The lowest BCUT2D eigenvalue weighted by molar-refractivity contribution is 0.250. The summed E-state index contributed by atoms with van der Waals surface area (Å²) in [5.74, 6) is 0.488. The molecule has 0 atom stereocenters. The third kappa shape index (κ3) is 1.52. The van der Waals surface area contributed by atoms with Crippen LogP contribution in [0.4, 0.5) is 5.69 Å². The van der Waals surface area contributed by atoms with Gasteiger partial charge in [-0.25, -0.2) is 0 Å². The van der Waals surface area contributed by atoms with Crippen LogP contribution in [0.2, 0.25) is 0 Å². The van der Waals surface area contributed by atoms with Crippen molar-refractivity contribution < 1.29 is 9.26 Å². The van der Waals surface area contributed by atoms with E-state index in [0.717, 1.165) is 5.56 Å². The van der Waals surface area contributed by atoms with Crippen molar-refractivity contribution in [3.8, 4) is 17.5 Å². The number of hydrogen-bond donors (Lipinski definition) is 1. The predicted molar refractivity (Wildman–Crippen MR) is 50.7 cm³/mol. The molecule has 14 heavy (non-hydrogen) atoms. The minimum absolute atomic E-state index is 0.150. The molecule has 1 aromatic heterocycles. The van der Waals surface area contributed by atoms with Gasteiger partial charge in [0.05, 0.1) is 7.11 Å². The molecule has 5 nitrogen and oxygen atoms in total. The van der Waals surface area contributed by atoms with Crippen molar-refractivity contribution in [1.82, 2.24) is 10.1 Å². The molecule has 0 aliphatic carbocycles. The van der Waals surface area contributed by atoms with Gasteiger partial charge in [0.25, 0.3) is 0 Å². The lowest BCUT2D eigenvalue weighted by Gasteiger charge is -1.94. The average molecular weight is 191 g/mol. The summed E-state index contributed by atoms with van der Waals surface area (Å²) in [5, 5.41) is 3.74. The van der Waals surface area contributed by atoms with Crippen LogP contribution in [-0.4, -0.2) is 17.3 Å². The zero-order valence-corrected chi connectivity index (χ0v) is 7.60. The topological polar surface area (TPSA) is 74.2 Å². The highest BCUT2D eigenvalue weighted by molar-refractivity contribution is 5.58. The molecule has 0 aliphatic heterocycles. The zero-order valence-electron chi connectivity index (χ0n) is 7.60. The number of aromatic nitrogens is 2. The molecule has 1 heterocycles. The molecule has 0 saturated carbocycles. The van der Waals surface area contributed by atoms with Gasteiger partial charge in [-0.1, -0.05) is 5.16 Å². The lowest BCUT2D eigenvalue weighted by Crippen LogP contribution is -1.85. The quantitative estimate of drug-likeness (QED) is 0.725. The average Bonchev–Trinajstić information content (AvgIpc) is 2.67. The number of ether oxygens (including phenoxy) is 1. The molecular weight excluding hydrogens is 182 g/mol. The van der Waals surface area contributed by atoms with E-state index in [9.17, 15) is 0 Å². The monoisotopic (exact) mass is 191 g/mol. The van der Waals surface area contributed by atoms with Gasteiger partial charge >= 0.3 is 6.08 Å². The lowest BCUT2D eigenvalue weighted by atomic mass is 10.2. The third-order valence-corrected chi connectivity index (χ3v) is 1.75. The Morgan fingerprint density at radius 3 is 2.57 bits per heavy atom. The molecule has 0 unspecified atom stereocenters. The van der Waals surface area contributed by atoms with Crippen LogP contribution < -0.4 is 10.5 Å². The Balaban J connectivity index is 2.34. The fraction of sp³-hybridized carbons (Fsp3) is 0.111. The van der Waals surface area contributed by atoms with Gasteiger partial charge in [-0.3, -0.25) is 4.52 Å². The fourth-order valence-corrected chi connectivity index (χ4v) is 1.04. The van der Waals surface area contributed by atoms with Gasteiger partial charge in [0.2, 0.25) is 5.82 Å². The van der Waals surface area contributed by atoms with E-state index in [1.54, 1.807) is 12.1 Å². The molecule has 2 rings (SSSR count). The Morgan fingerprint density at radius 1 is 1.29 bits per heavy atom. The first-order valence-corrected chi connectivity index (χ1v) is 4.03. The number of rotatable bonds is 2. The molecule has 2 N–H and O–H groups in total. The van der Waals surface area contributed by atoms with Crippen LogP contribution in [-0.2, 0) is 0 Å². The zero-order chi connectivity index (χ0) is 9.97. The van der Waals surface area contributed by atoms with Gasteiger partial charge in [0, 0.05) is 11.3 Å². The number of methoxy groups -OCH3 is 1.